The third-order valence-corrected chi connectivity index (χ3v) is 6.36. The van der Waals surface area contributed by atoms with E-state index in [4.69, 9.17) is 9.47 Å². The summed E-state index contributed by atoms with van der Waals surface area (Å²) in [6, 6.07) is 5.77. The highest BCUT2D eigenvalue weighted by Gasteiger charge is 2.51. The highest BCUT2D eigenvalue weighted by Crippen LogP contribution is 2.38. The van der Waals surface area contributed by atoms with Crippen molar-refractivity contribution in [2.45, 2.75) is 31.5 Å². The van der Waals surface area contributed by atoms with Crippen molar-refractivity contribution in [3.63, 3.8) is 0 Å². The first kappa shape index (κ1) is 21.0. The Morgan fingerprint density at radius 2 is 2.07 bits per heavy atom. The van der Waals surface area contributed by atoms with E-state index in [9.17, 15) is 4.79 Å². The minimum absolute atomic E-state index is 0.0150. The van der Waals surface area contributed by atoms with Crippen LogP contribution in [0, 0.1) is 5.92 Å². The summed E-state index contributed by atoms with van der Waals surface area (Å²) in [7, 11) is 3.84. The molecule has 4 heterocycles. The van der Waals surface area contributed by atoms with Crippen LogP contribution in [0.25, 0.3) is 0 Å². The van der Waals surface area contributed by atoms with Crippen LogP contribution in [0.4, 0.5) is 0 Å². The molecule has 0 saturated carbocycles. The standard InChI is InChI=1S/C22H31N5O3/c1-25-9-5-19(15-30-14-18-3-7-23-8-4-18)13-22(25)16-26(17-22)21(28)20-6-10-27(24-20)11-12-29-2/h3-4,6-8,10,19H,5,9,11-17H2,1-2H3/t19-/m0/s1. The van der Waals surface area contributed by atoms with Crippen molar-refractivity contribution in [2.75, 3.05) is 47.0 Å². The molecule has 1 atom stereocenters. The smallest absolute Gasteiger partial charge is 0.274 e. The predicted octanol–water partition coefficient (Wildman–Crippen LogP) is 1.68. The molecule has 2 saturated heterocycles. The van der Waals surface area contributed by atoms with Crippen LogP contribution in [0.1, 0.15) is 28.9 Å². The third-order valence-electron chi connectivity index (χ3n) is 6.36. The number of likely N-dealkylation sites (N-methyl/N-ethyl adjacent to an activating group) is 1. The van der Waals surface area contributed by atoms with Gasteiger partial charge in [-0.25, -0.2) is 0 Å². The van der Waals surface area contributed by atoms with Crippen LogP contribution in [0.2, 0.25) is 0 Å². The summed E-state index contributed by atoms with van der Waals surface area (Å²) in [6.07, 6.45) is 7.62. The molecular weight excluding hydrogens is 382 g/mol. The van der Waals surface area contributed by atoms with Gasteiger partial charge in [-0.2, -0.15) is 5.10 Å². The zero-order valence-corrected chi connectivity index (χ0v) is 17.9. The van der Waals surface area contributed by atoms with Gasteiger partial charge in [-0.3, -0.25) is 19.4 Å². The van der Waals surface area contributed by atoms with Crippen molar-refractivity contribution in [3.8, 4) is 0 Å². The second-order valence-electron chi connectivity index (χ2n) is 8.49. The molecule has 2 aromatic heterocycles. The van der Waals surface area contributed by atoms with Gasteiger partial charge in [0.1, 0.15) is 5.69 Å². The average molecular weight is 414 g/mol. The molecular formula is C22H31N5O3. The molecule has 0 aliphatic carbocycles. The van der Waals surface area contributed by atoms with Crippen LogP contribution >= 0.6 is 0 Å². The summed E-state index contributed by atoms with van der Waals surface area (Å²) in [5.74, 6) is 0.537. The molecule has 0 unspecified atom stereocenters. The van der Waals surface area contributed by atoms with Gasteiger partial charge >= 0.3 is 0 Å². The van der Waals surface area contributed by atoms with Gasteiger partial charge < -0.3 is 14.4 Å². The molecule has 8 heteroatoms. The summed E-state index contributed by atoms with van der Waals surface area (Å²) < 4.78 is 12.8. The van der Waals surface area contributed by atoms with Crippen LogP contribution in [-0.2, 0) is 22.6 Å². The fourth-order valence-electron chi connectivity index (χ4n) is 4.50. The number of piperidine rings is 1. The number of carbonyl (C=O) groups is 1. The van der Waals surface area contributed by atoms with E-state index in [0.29, 0.717) is 31.4 Å². The third kappa shape index (κ3) is 4.55. The Kier molecular flexibility index (Phi) is 6.46. The highest BCUT2D eigenvalue weighted by atomic mass is 16.5. The molecule has 1 amide bonds. The second kappa shape index (κ2) is 9.24. The number of ether oxygens (including phenoxy) is 2. The van der Waals surface area contributed by atoms with Crippen LogP contribution in [-0.4, -0.2) is 83.0 Å². The predicted molar refractivity (Wildman–Crippen MR) is 112 cm³/mol. The second-order valence-corrected chi connectivity index (χ2v) is 8.49. The maximum absolute atomic E-state index is 12.8. The number of nitrogens with zero attached hydrogens (tertiary/aromatic N) is 5. The van der Waals surface area contributed by atoms with Crippen molar-refractivity contribution >= 4 is 5.91 Å². The Morgan fingerprint density at radius 3 is 2.83 bits per heavy atom. The van der Waals surface area contributed by atoms with Gasteiger partial charge in [0.15, 0.2) is 0 Å². The van der Waals surface area contributed by atoms with Crippen molar-refractivity contribution in [2.24, 2.45) is 5.92 Å². The number of hydrogen-bond acceptors (Lipinski definition) is 6. The number of pyridine rings is 1. The average Bonchev–Trinajstić information content (AvgIpc) is 3.21. The van der Waals surface area contributed by atoms with E-state index in [1.807, 2.05) is 23.2 Å². The van der Waals surface area contributed by atoms with Crippen molar-refractivity contribution in [1.82, 2.24) is 24.6 Å². The zero-order chi connectivity index (χ0) is 21.0. The van der Waals surface area contributed by atoms with E-state index in [1.54, 1.807) is 30.3 Å². The van der Waals surface area contributed by atoms with Gasteiger partial charge in [0.2, 0.25) is 0 Å². The minimum atomic E-state index is 0.0150. The molecule has 1 spiro atoms. The molecule has 2 fully saturated rings. The molecule has 162 valence electrons. The molecule has 0 bridgehead atoms. The summed E-state index contributed by atoms with van der Waals surface area (Å²) >= 11 is 0. The fraction of sp³-hybridized carbons (Fsp3) is 0.591. The molecule has 4 rings (SSSR count). The Labute approximate surface area is 177 Å². The van der Waals surface area contributed by atoms with Crippen molar-refractivity contribution in [1.29, 1.82) is 0 Å². The van der Waals surface area contributed by atoms with E-state index in [1.165, 1.54) is 0 Å². The molecule has 2 aromatic rings. The maximum atomic E-state index is 12.8. The van der Waals surface area contributed by atoms with Gasteiger partial charge in [0.25, 0.3) is 5.91 Å². The van der Waals surface area contributed by atoms with Crippen molar-refractivity contribution in [3.05, 3.63) is 48.0 Å². The van der Waals surface area contributed by atoms with Crippen LogP contribution in [0.3, 0.4) is 0 Å². The molecule has 0 radical (unpaired) electrons. The number of hydrogen-bond donors (Lipinski definition) is 0. The van der Waals surface area contributed by atoms with E-state index >= 15 is 0 Å². The lowest BCUT2D eigenvalue weighted by Crippen LogP contribution is -2.72. The first-order chi connectivity index (χ1) is 14.6. The fourth-order valence-corrected chi connectivity index (χ4v) is 4.50. The topological polar surface area (TPSA) is 72.7 Å². The maximum Gasteiger partial charge on any atom is 0.274 e. The minimum Gasteiger partial charge on any atom is -0.383 e. The van der Waals surface area contributed by atoms with Gasteiger partial charge in [0, 0.05) is 45.4 Å². The van der Waals surface area contributed by atoms with E-state index < -0.39 is 0 Å². The van der Waals surface area contributed by atoms with Gasteiger partial charge in [-0.05, 0) is 56.1 Å². The van der Waals surface area contributed by atoms with Crippen LogP contribution < -0.4 is 0 Å². The number of methoxy groups -OCH3 is 1. The molecule has 30 heavy (non-hydrogen) atoms. The first-order valence-corrected chi connectivity index (χ1v) is 10.6. The van der Waals surface area contributed by atoms with Gasteiger partial charge in [0.05, 0.1) is 25.3 Å². The van der Waals surface area contributed by atoms with E-state index in [0.717, 1.165) is 44.6 Å². The normalized spacial score (nSPS) is 21.0. The lowest BCUT2D eigenvalue weighted by Gasteiger charge is -2.58. The summed E-state index contributed by atoms with van der Waals surface area (Å²) in [4.78, 5) is 21.2. The Hall–Kier alpha value is -2.29. The van der Waals surface area contributed by atoms with Crippen LogP contribution in [0.15, 0.2) is 36.8 Å². The highest BCUT2D eigenvalue weighted by molar-refractivity contribution is 5.93. The molecule has 0 N–H and O–H groups in total. The summed E-state index contributed by atoms with van der Waals surface area (Å²) in [5.41, 5.74) is 1.73. The number of carbonyl (C=O) groups excluding carboxylic acids is 1. The van der Waals surface area contributed by atoms with Gasteiger partial charge in [-0.1, -0.05) is 0 Å². The Morgan fingerprint density at radius 1 is 1.27 bits per heavy atom. The number of likely N-dealkylation sites (tertiary alicyclic amines) is 2. The largest absolute Gasteiger partial charge is 0.383 e. The summed E-state index contributed by atoms with van der Waals surface area (Å²) in [5, 5.41) is 4.39. The van der Waals surface area contributed by atoms with E-state index in [2.05, 4.69) is 22.0 Å². The van der Waals surface area contributed by atoms with Crippen molar-refractivity contribution < 1.29 is 14.3 Å². The quantitative estimate of drug-likeness (QED) is 0.656. The van der Waals surface area contributed by atoms with Gasteiger partial charge in [-0.15, -0.1) is 0 Å². The first-order valence-electron chi connectivity index (χ1n) is 10.6. The molecule has 8 nitrogen and oxygen atoms in total. The zero-order valence-electron chi connectivity index (χ0n) is 17.9. The summed E-state index contributed by atoms with van der Waals surface area (Å²) in [6.45, 7) is 5.17. The number of rotatable bonds is 8. The lowest BCUT2D eigenvalue weighted by atomic mass is 9.75. The Balaban J connectivity index is 1.28. The number of amides is 1. The lowest BCUT2D eigenvalue weighted by molar-refractivity contribution is -0.0769. The monoisotopic (exact) mass is 413 g/mol. The number of aromatic nitrogens is 3. The molecule has 0 aromatic carbocycles. The van der Waals surface area contributed by atoms with E-state index in [-0.39, 0.29) is 11.4 Å². The van der Waals surface area contributed by atoms with Crippen LogP contribution in [0.5, 0.6) is 0 Å². The molecule has 2 aliphatic heterocycles. The SMILES string of the molecule is COCCn1ccc(C(=O)N2CC3(C[C@@H](COCc4ccncc4)CCN3C)C2)n1. The molecule has 2 aliphatic rings. The Bertz CT molecular complexity index is 834.